The summed E-state index contributed by atoms with van der Waals surface area (Å²) in [6.45, 7) is 9.04. The average Bonchev–Trinajstić information content (AvgIpc) is 2.51. The third kappa shape index (κ3) is 3.83. The molecule has 0 aliphatic rings. The van der Waals surface area contributed by atoms with Gasteiger partial charge in [-0.25, -0.2) is 0 Å². The normalized spacial score (nSPS) is 10.4. The van der Waals surface area contributed by atoms with Gasteiger partial charge in [0.2, 0.25) is 0 Å². The molecule has 0 amide bonds. The standard InChI is InChI=1S/C11H17NO/c1-9(2)7-10(3)12-8-11-5-4-6-13-11/h4-6,9,12H,3,7-8H2,1-2H3. The second-order valence-electron chi connectivity index (χ2n) is 3.63. The average molecular weight is 179 g/mol. The maximum Gasteiger partial charge on any atom is 0.122 e. The molecule has 1 rings (SSSR count). The predicted molar refractivity (Wildman–Crippen MR) is 54.1 cm³/mol. The van der Waals surface area contributed by atoms with Crippen LogP contribution in [0.3, 0.4) is 0 Å². The summed E-state index contributed by atoms with van der Waals surface area (Å²) in [4.78, 5) is 0. The van der Waals surface area contributed by atoms with Crippen LogP contribution in [0.15, 0.2) is 35.1 Å². The van der Waals surface area contributed by atoms with E-state index in [-0.39, 0.29) is 0 Å². The van der Waals surface area contributed by atoms with Crippen molar-refractivity contribution in [2.24, 2.45) is 5.92 Å². The number of allylic oxidation sites excluding steroid dienone is 1. The fourth-order valence-corrected chi connectivity index (χ4v) is 1.19. The van der Waals surface area contributed by atoms with Gasteiger partial charge in [-0.1, -0.05) is 20.4 Å². The van der Waals surface area contributed by atoms with Gasteiger partial charge >= 0.3 is 0 Å². The number of nitrogens with one attached hydrogen (secondary N) is 1. The fraction of sp³-hybridized carbons (Fsp3) is 0.455. The Morgan fingerprint density at radius 1 is 1.62 bits per heavy atom. The minimum atomic E-state index is 0.650. The van der Waals surface area contributed by atoms with E-state index in [4.69, 9.17) is 4.42 Å². The number of furan rings is 1. The van der Waals surface area contributed by atoms with Crippen molar-refractivity contribution in [1.29, 1.82) is 0 Å². The third-order valence-corrected chi connectivity index (χ3v) is 1.75. The molecule has 0 aliphatic carbocycles. The van der Waals surface area contributed by atoms with Crippen LogP contribution in [-0.2, 0) is 6.54 Å². The molecule has 0 radical (unpaired) electrons. The molecule has 0 unspecified atom stereocenters. The zero-order chi connectivity index (χ0) is 9.68. The highest BCUT2D eigenvalue weighted by molar-refractivity contribution is 5.01. The van der Waals surface area contributed by atoms with Crippen LogP contribution in [0, 0.1) is 5.92 Å². The molecule has 0 atom stereocenters. The Hall–Kier alpha value is -1.18. The highest BCUT2D eigenvalue weighted by atomic mass is 16.3. The highest BCUT2D eigenvalue weighted by Crippen LogP contribution is 2.07. The van der Waals surface area contributed by atoms with Crippen molar-refractivity contribution in [3.05, 3.63) is 36.4 Å². The van der Waals surface area contributed by atoms with Crippen LogP contribution in [0.2, 0.25) is 0 Å². The summed E-state index contributed by atoms with van der Waals surface area (Å²) in [7, 11) is 0. The van der Waals surface area contributed by atoms with Crippen LogP contribution in [0.4, 0.5) is 0 Å². The van der Waals surface area contributed by atoms with Gasteiger partial charge in [0.1, 0.15) is 5.76 Å². The van der Waals surface area contributed by atoms with Crippen molar-refractivity contribution in [2.45, 2.75) is 26.8 Å². The molecule has 0 bridgehead atoms. The molecule has 0 spiro atoms. The van der Waals surface area contributed by atoms with Gasteiger partial charge in [-0.15, -0.1) is 0 Å². The Balaban J connectivity index is 2.23. The Kier molecular flexibility index (Phi) is 3.62. The summed E-state index contributed by atoms with van der Waals surface area (Å²) >= 11 is 0. The smallest absolute Gasteiger partial charge is 0.122 e. The molecule has 1 aromatic heterocycles. The van der Waals surface area contributed by atoms with Crippen LogP contribution < -0.4 is 5.32 Å². The molecule has 0 aromatic carbocycles. The second-order valence-corrected chi connectivity index (χ2v) is 3.63. The van der Waals surface area contributed by atoms with Crippen LogP contribution >= 0.6 is 0 Å². The second kappa shape index (κ2) is 4.75. The molecule has 1 N–H and O–H groups in total. The lowest BCUT2D eigenvalue weighted by Crippen LogP contribution is -2.12. The molecule has 0 fully saturated rings. The largest absolute Gasteiger partial charge is 0.467 e. The summed E-state index contributed by atoms with van der Waals surface area (Å²) in [6, 6.07) is 3.85. The lowest BCUT2D eigenvalue weighted by atomic mass is 10.1. The van der Waals surface area contributed by atoms with Crippen molar-refractivity contribution >= 4 is 0 Å². The summed E-state index contributed by atoms with van der Waals surface area (Å²) < 4.78 is 5.19. The van der Waals surface area contributed by atoms with E-state index in [2.05, 4.69) is 25.7 Å². The van der Waals surface area contributed by atoms with Crippen molar-refractivity contribution in [1.82, 2.24) is 5.32 Å². The van der Waals surface area contributed by atoms with Gasteiger partial charge < -0.3 is 9.73 Å². The van der Waals surface area contributed by atoms with Gasteiger partial charge in [0.25, 0.3) is 0 Å². The Morgan fingerprint density at radius 2 is 2.38 bits per heavy atom. The van der Waals surface area contributed by atoms with E-state index >= 15 is 0 Å². The molecular weight excluding hydrogens is 162 g/mol. The van der Waals surface area contributed by atoms with E-state index in [1.165, 1.54) is 0 Å². The van der Waals surface area contributed by atoms with Crippen molar-refractivity contribution in [3.63, 3.8) is 0 Å². The van der Waals surface area contributed by atoms with Crippen molar-refractivity contribution in [3.8, 4) is 0 Å². The molecule has 2 nitrogen and oxygen atoms in total. The first kappa shape index (κ1) is 9.90. The predicted octanol–water partition coefficient (Wildman–Crippen LogP) is 2.93. The summed E-state index contributed by atoms with van der Waals surface area (Å²) in [5.74, 6) is 1.60. The number of rotatable bonds is 5. The molecule has 0 saturated heterocycles. The zero-order valence-electron chi connectivity index (χ0n) is 8.34. The Bertz CT molecular complexity index is 249. The quantitative estimate of drug-likeness (QED) is 0.751. The molecule has 1 heterocycles. The van der Waals surface area contributed by atoms with Gasteiger partial charge in [-0.05, 0) is 24.5 Å². The number of hydrogen-bond donors (Lipinski definition) is 1. The van der Waals surface area contributed by atoms with E-state index in [9.17, 15) is 0 Å². The molecule has 2 heteroatoms. The molecule has 1 aromatic rings. The van der Waals surface area contributed by atoms with Gasteiger partial charge in [0.05, 0.1) is 12.8 Å². The first-order valence-electron chi connectivity index (χ1n) is 4.62. The SMILES string of the molecule is C=C(CC(C)C)NCc1ccco1. The molecule has 0 aliphatic heterocycles. The van der Waals surface area contributed by atoms with Crippen LogP contribution in [0.1, 0.15) is 26.0 Å². The van der Waals surface area contributed by atoms with Gasteiger partial charge in [-0.2, -0.15) is 0 Å². The Morgan fingerprint density at radius 3 is 2.92 bits per heavy atom. The maximum atomic E-state index is 5.19. The molecular formula is C11H17NO. The van der Waals surface area contributed by atoms with Crippen LogP contribution in [0.25, 0.3) is 0 Å². The molecule has 13 heavy (non-hydrogen) atoms. The van der Waals surface area contributed by atoms with E-state index < -0.39 is 0 Å². The first-order chi connectivity index (χ1) is 6.18. The fourth-order valence-electron chi connectivity index (χ4n) is 1.19. The highest BCUT2D eigenvalue weighted by Gasteiger charge is 1.99. The lowest BCUT2D eigenvalue weighted by molar-refractivity contribution is 0.489. The summed E-state index contributed by atoms with van der Waals surface area (Å²) in [5.41, 5.74) is 1.08. The first-order valence-corrected chi connectivity index (χ1v) is 4.62. The van der Waals surface area contributed by atoms with Crippen LogP contribution in [-0.4, -0.2) is 0 Å². The van der Waals surface area contributed by atoms with Gasteiger partial charge in [0.15, 0.2) is 0 Å². The molecule has 0 saturated carbocycles. The van der Waals surface area contributed by atoms with E-state index in [1.807, 2.05) is 12.1 Å². The monoisotopic (exact) mass is 179 g/mol. The van der Waals surface area contributed by atoms with Gasteiger partial charge in [0, 0.05) is 5.70 Å². The van der Waals surface area contributed by atoms with E-state index in [0.717, 1.165) is 24.4 Å². The lowest BCUT2D eigenvalue weighted by Gasteiger charge is -2.09. The minimum Gasteiger partial charge on any atom is -0.467 e. The van der Waals surface area contributed by atoms with Crippen molar-refractivity contribution in [2.75, 3.05) is 0 Å². The van der Waals surface area contributed by atoms with Crippen molar-refractivity contribution < 1.29 is 4.42 Å². The van der Waals surface area contributed by atoms with E-state index in [0.29, 0.717) is 5.92 Å². The topological polar surface area (TPSA) is 25.2 Å². The molecule has 72 valence electrons. The number of hydrogen-bond acceptors (Lipinski definition) is 2. The summed E-state index contributed by atoms with van der Waals surface area (Å²) in [5, 5.41) is 3.23. The Labute approximate surface area is 79.6 Å². The minimum absolute atomic E-state index is 0.650. The van der Waals surface area contributed by atoms with E-state index in [1.54, 1.807) is 6.26 Å². The van der Waals surface area contributed by atoms with Crippen LogP contribution in [0.5, 0.6) is 0 Å². The third-order valence-electron chi connectivity index (χ3n) is 1.75. The summed E-state index contributed by atoms with van der Waals surface area (Å²) in [6.07, 6.45) is 2.70. The van der Waals surface area contributed by atoms with Gasteiger partial charge in [-0.3, -0.25) is 0 Å². The maximum absolute atomic E-state index is 5.19. The zero-order valence-corrected chi connectivity index (χ0v) is 8.34.